The molecule has 0 aliphatic carbocycles. The Kier molecular flexibility index (Phi) is 5.56. The highest BCUT2D eigenvalue weighted by Crippen LogP contribution is 2.31. The maximum absolute atomic E-state index is 5.72. The predicted octanol–water partition coefficient (Wildman–Crippen LogP) is 5.75. The summed E-state index contributed by atoms with van der Waals surface area (Å²) in [5.41, 5.74) is 3.98. The lowest BCUT2D eigenvalue weighted by atomic mass is 10.1. The minimum atomic E-state index is 0.630. The van der Waals surface area contributed by atoms with E-state index in [2.05, 4.69) is 44.9 Å². The van der Waals surface area contributed by atoms with Crippen LogP contribution >= 0.6 is 11.3 Å². The van der Waals surface area contributed by atoms with E-state index in [0.29, 0.717) is 18.7 Å². The number of hydrogen-bond donors (Lipinski definition) is 0. The van der Waals surface area contributed by atoms with Gasteiger partial charge < -0.3 is 9.15 Å². The highest BCUT2D eigenvalue weighted by Gasteiger charge is 2.19. The number of aryl methyl sites for hydroxylation is 3. The summed E-state index contributed by atoms with van der Waals surface area (Å²) in [6.07, 6.45) is 3.07. The SMILES string of the molecule is COc1ccccc1-n1c(CCc2coc(-c3ccc(C)cc3)n2)nnc1-c1cccs1. The van der Waals surface area contributed by atoms with Gasteiger partial charge in [-0.05, 0) is 42.6 Å². The molecule has 0 saturated heterocycles. The summed E-state index contributed by atoms with van der Waals surface area (Å²) in [4.78, 5) is 5.72. The maximum Gasteiger partial charge on any atom is 0.226 e. The fraction of sp³-hybridized carbons (Fsp3) is 0.160. The number of methoxy groups -OCH3 is 1. The van der Waals surface area contributed by atoms with Gasteiger partial charge >= 0.3 is 0 Å². The van der Waals surface area contributed by atoms with Crippen molar-refractivity contribution in [3.63, 3.8) is 0 Å². The van der Waals surface area contributed by atoms with Gasteiger partial charge in [0, 0.05) is 18.4 Å². The molecular weight excluding hydrogens is 420 g/mol. The quantitative estimate of drug-likeness (QED) is 0.321. The molecule has 7 heteroatoms. The number of aromatic nitrogens is 4. The molecule has 5 aromatic rings. The van der Waals surface area contributed by atoms with E-state index in [1.165, 1.54) is 5.56 Å². The van der Waals surface area contributed by atoms with E-state index in [9.17, 15) is 0 Å². The lowest BCUT2D eigenvalue weighted by Crippen LogP contribution is -2.06. The van der Waals surface area contributed by atoms with Crippen molar-refractivity contribution < 1.29 is 9.15 Å². The third-order valence-electron chi connectivity index (χ3n) is 5.25. The van der Waals surface area contributed by atoms with Crippen molar-refractivity contribution >= 4 is 11.3 Å². The maximum atomic E-state index is 5.72. The smallest absolute Gasteiger partial charge is 0.226 e. The molecule has 3 heterocycles. The number of ether oxygens (including phenoxy) is 1. The molecule has 0 aliphatic heterocycles. The molecule has 0 bridgehead atoms. The van der Waals surface area contributed by atoms with Gasteiger partial charge in [-0.15, -0.1) is 21.5 Å². The molecule has 0 saturated carbocycles. The lowest BCUT2D eigenvalue weighted by Gasteiger charge is -2.13. The Labute approximate surface area is 190 Å². The second kappa shape index (κ2) is 8.80. The normalized spacial score (nSPS) is 11.1. The molecule has 0 fully saturated rings. The highest BCUT2D eigenvalue weighted by atomic mass is 32.1. The number of thiophene rings is 1. The molecule has 0 spiro atoms. The average molecular weight is 443 g/mol. The number of rotatable bonds is 7. The Morgan fingerprint density at radius 1 is 0.969 bits per heavy atom. The molecule has 0 radical (unpaired) electrons. The largest absolute Gasteiger partial charge is 0.495 e. The number of oxazole rings is 1. The molecular formula is C25H22N4O2S. The van der Waals surface area contributed by atoms with Gasteiger partial charge in [-0.2, -0.15) is 0 Å². The van der Waals surface area contributed by atoms with Gasteiger partial charge in [0.25, 0.3) is 0 Å². The van der Waals surface area contributed by atoms with Gasteiger partial charge in [0.05, 0.1) is 23.4 Å². The summed E-state index contributed by atoms with van der Waals surface area (Å²) in [5.74, 6) is 3.05. The Balaban J connectivity index is 1.45. The van der Waals surface area contributed by atoms with Gasteiger partial charge in [-0.1, -0.05) is 35.9 Å². The molecule has 0 N–H and O–H groups in total. The zero-order chi connectivity index (χ0) is 21.9. The van der Waals surface area contributed by atoms with Gasteiger partial charge in [0.2, 0.25) is 5.89 Å². The van der Waals surface area contributed by atoms with Crippen molar-refractivity contribution in [3.05, 3.63) is 89.4 Å². The molecule has 5 rings (SSSR count). The monoisotopic (exact) mass is 442 g/mol. The molecule has 160 valence electrons. The molecule has 0 atom stereocenters. The molecule has 32 heavy (non-hydrogen) atoms. The second-order valence-corrected chi connectivity index (χ2v) is 8.38. The first-order chi connectivity index (χ1) is 15.7. The predicted molar refractivity (Wildman–Crippen MR) is 125 cm³/mol. The topological polar surface area (TPSA) is 66.0 Å². The summed E-state index contributed by atoms with van der Waals surface area (Å²) >= 11 is 1.64. The van der Waals surface area contributed by atoms with Crippen LogP contribution in [0.25, 0.3) is 27.8 Å². The highest BCUT2D eigenvalue weighted by molar-refractivity contribution is 7.13. The molecule has 3 aromatic heterocycles. The van der Waals surface area contributed by atoms with Crippen LogP contribution in [-0.2, 0) is 12.8 Å². The van der Waals surface area contributed by atoms with Crippen LogP contribution in [-0.4, -0.2) is 26.9 Å². The minimum Gasteiger partial charge on any atom is -0.495 e. The van der Waals surface area contributed by atoms with Gasteiger partial charge in [-0.25, -0.2) is 4.98 Å². The molecule has 0 aliphatic rings. The van der Waals surface area contributed by atoms with Gasteiger partial charge in [0.15, 0.2) is 5.82 Å². The molecule has 2 aromatic carbocycles. The summed E-state index contributed by atoms with van der Waals surface area (Å²) < 4.78 is 13.4. The van der Waals surface area contributed by atoms with Crippen LogP contribution < -0.4 is 4.74 Å². The van der Waals surface area contributed by atoms with Gasteiger partial charge in [0.1, 0.15) is 17.8 Å². The van der Waals surface area contributed by atoms with E-state index in [1.54, 1.807) is 24.7 Å². The number of hydrogen-bond acceptors (Lipinski definition) is 6. The van der Waals surface area contributed by atoms with Crippen molar-refractivity contribution in [1.82, 2.24) is 19.7 Å². The number of para-hydroxylation sites is 2. The lowest BCUT2D eigenvalue weighted by molar-refractivity contribution is 0.412. The van der Waals surface area contributed by atoms with Crippen molar-refractivity contribution in [2.45, 2.75) is 19.8 Å². The van der Waals surface area contributed by atoms with Crippen LogP contribution in [0.1, 0.15) is 17.1 Å². The molecule has 6 nitrogen and oxygen atoms in total. The fourth-order valence-electron chi connectivity index (χ4n) is 3.60. The standard InChI is InChI=1S/C25H22N4O2S/c1-17-9-11-18(12-10-17)25-26-19(16-31-25)13-14-23-27-28-24(22-8-5-15-32-22)29(23)20-6-3-4-7-21(20)30-2/h3-12,15-16H,13-14H2,1-2H3. The van der Waals surface area contributed by atoms with Crippen molar-refractivity contribution in [1.29, 1.82) is 0 Å². The summed E-state index contributed by atoms with van der Waals surface area (Å²) in [6, 6.07) is 20.1. The average Bonchev–Trinajstić information content (AvgIpc) is 3.58. The first-order valence-corrected chi connectivity index (χ1v) is 11.2. The summed E-state index contributed by atoms with van der Waals surface area (Å²) in [5, 5.41) is 11.1. The first-order valence-electron chi connectivity index (χ1n) is 10.4. The van der Waals surface area contributed by atoms with E-state index in [1.807, 2.05) is 47.8 Å². The van der Waals surface area contributed by atoms with Crippen LogP contribution in [0.2, 0.25) is 0 Å². The molecule has 0 unspecified atom stereocenters. The van der Waals surface area contributed by atoms with Crippen molar-refractivity contribution in [3.8, 4) is 33.6 Å². The van der Waals surface area contributed by atoms with Crippen LogP contribution in [0.4, 0.5) is 0 Å². The van der Waals surface area contributed by atoms with Gasteiger partial charge in [-0.3, -0.25) is 4.57 Å². The van der Waals surface area contributed by atoms with Crippen molar-refractivity contribution in [2.24, 2.45) is 0 Å². The van der Waals surface area contributed by atoms with E-state index < -0.39 is 0 Å². The molecule has 0 amide bonds. The summed E-state index contributed by atoms with van der Waals surface area (Å²) in [6.45, 7) is 2.06. The second-order valence-electron chi connectivity index (χ2n) is 7.43. The Morgan fingerprint density at radius 2 is 1.81 bits per heavy atom. The third-order valence-corrected chi connectivity index (χ3v) is 6.12. The zero-order valence-corrected chi connectivity index (χ0v) is 18.7. The van der Waals surface area contributed by atoms with E-state index in [-0.39, 0.29) is 0 Å². The Morgan fingerprint density at radius 3 is 2.59 bits per heavy atom. The van der Waals surface area contributed by atoms with E-state index in [4.69, 9.17) is 9.15 Å². The fourth-order valence-corrected chi connectivity index (χ4v) is 4.30. The summed E-state index contributed by atoms with van der Waals surface area (Å²) in [7, 11) is 1.68. The Bertz CT molecular complexity index is 1320. The number of nitrogens with zero attached hydrogens (tertiary/aromatic N) is 4. The van der Waals surface area contributed by atoms with E-state index in [0.717, 1.165) is 39.2 Å². The van der Waals surface area contributed by atoms with Crippen molar-refractivity contribution in [2.75, 3.05) is 7.11 Å². The third kappa shape index (κ3) is 3.94. The first kappa shape index (κ1) is 20.2. The van der Waals surface area contributed by atoms with Crippen LogP contribution in [0.5, 0.6) is 5.75 Å². The number of benzene rings is 2. The minimum absolute atomic E-state index is 0.630. The zero-order valence-electron chi connectivity index (χ0n) is 17.9. The van der Waals surface area contributed by atoms with Crippen LogP contribution in [0, 0.1) is 6.92 Å². The van der Waals surface area contributed by atoms with Crippen LogP contribution in [0.3, 0.4) is 0 Å². The van der Waals surface area contributed by atoms with E-state index >= 15 is 0 Å². The van der Waals surface area contributed by atoms with Crippen LogP contribution in [0.15, 0.2) is 76.7 Å². The Hall–Kier alpha value is -3.71.